The molecule has 5 nitrogen and oxygen atoms in total. The quantitative estimate of drug-likeness (QED) is 0.314. The number of pyridine rings is 2. The summed E-state index contributed by atoms with van der Waals surface area (Å²) in [5, 5.41) is 5.53. The number of nitrogens with zero attached hydrogens (tertiary/aromatic N) is 4. The molecule has 1 aromatic carbocycles. The van der Waals surface area contributed by atoms with Crippen molar-refractivity contribution in [2.24, 2.45) is 0 Å². The predicted molar refractivity (Wildman–Crippen MR) is 127 cm³/mol. The molecule has 0 fully saturated rings. The van der Waals surface area contributed by atoms with E-state index in [9.17, 15) is 4.39 Å². The van der Waals surface area contributed by atoms with Crippen LogP contribution in [0.25, 0.3) is 32.7 Å². The normalized spacial score (nSPS) is 11.0. The lowest BCUT2D eigenvalue weighted by Gasteiger charge is -2.10. The predicted octanol–water partition coefficient (Wildman–Crippen LogP) is 6.00. The van der Waals surface area contributed by atoms with Crippen LogP contribution in [0, 0.1) is 5.82 Å². The molecule has 0 atom stereocenters. The molecule has 0 aliphatic rings. The van der Waals surface area contributed by atoms with Gasteiger partial charge >= 0.3 is 0 Å². The summed E-state index contributed by atoms with van der Waals surface area (Å²) < 4.78 is 15.4. The van der Waals surface area contributed by atoms with Crippen LogP contribution in [0.5, 0.6) is 0 Å². The molecule has 0 amide bonds. The fraction of sp³-hybridized carbons (Fsp3) is 0.120. The molecule has 0 radical (unpaired) electrons. The fourth-order valence-electron chi connectivity index (χ4n) is 3.60. The number of hydrogen-bond acceptors (Lipinski definition) is 6. The Morgan fingerprint density at radius 1 is 0.875 bits per heavy atom. The number of anilines is 1. The van der Waals surface area contributed by atoms with Gasteiger partial charge in [-0.2, -0.15) is 0 Å². The molecule has 0 spiro atoms. The summed E-state index contributed by atoms with van der Waals surface area (Å²) in [5.74, 6) is 0.624. The highest BCUT2D eigenvalue weighted by molar-refractivity contribution is 7.18. The molecule has 0 unspecified atom stereocenters. The summed E-state index contributed by atoms with van der Waals surface area (Å²) in [6, 6.07) is 15.9. The molecule has 158 valence electrons. The third-order valence-electron chi connectivity index (χ3n) is 5.20. The zero-order valence-corrected chi connectivity index (χ0v) is 18.0. The second kappa shape index (κ2) is 9.20. The highest BCUT2D eigenvalue weighted by atomic mass is 32.1. The van der Waals surface area contributed by atoms with E-state index in [1.54, 1.807) is 36.0 Å². The van der Waals surface area contributed by atoms with Crippen molar-refractivity contribution in [3.63, 3.8) is 0 Å². The molecule has 0 saturated heterocycles. The number of thiophene rings is 1. The topological polar surface area (TPSA) is 63.6 Å². The lowest BCUT2D eigenvalue weighted by atomic mass is 10.1. The van der Waals surface area contributed by atoms with Crippen molar-refractivity contribution >= 4 is 27.4 Å². The van der Waals surface area contributed by atoms with Crippen molar-refractivity contribution in [1.82, 2.24) is 19.9 Å². The molecule has 0 aliphatic heterocycles. The number of benzene rings is 1. The number of nitrogens with one attached hydrogen (secondary N) is 1. The van der Waals surface area contributed by atoms with E-state index >= 15 is 0 Å². The molecule has 1 N–H and O–H groups in total. The van der Waals surface area contributed by atoms with Crippen LogP contribution in [0.2, 0.25) is 0 Å². The smallest absolute Gasteiger partial charge is 0.165 e. The number of hydrogen-bond donors (Lipinski definition) is 1. The maximum absolute atomic E-state index is 14.5. The molecule has 4 heterocycles. The number of rotatable bonds is 7. The Kier molecular flexibility index (Phi) is 5.81. The van der Waals surface area contributed by atoms with E-state index in [0.717, 1.165) is 46.5 Å². The van der Waals surface area contributed by atoms with E-state index in [4.69, 9.17) is 9.97 Å². The Bertz CT molecular complexity index is 1340. The summed E-state index contributed by atoms with van der Waals surface area (Å²) in [5.41, 5.74) is 4.44. The first-order chi connectivity index (χ1) is 15.8. The van der Waals surface area contributed by atoms with Crippen LogP contribution in [0.1, 0.15) is 12.0 Å². The minimum atomic E-state index is -0.442. The van der Waals surface area contributed by atoms with E-state index in [0.29, 0.717) is 11.4 Å². The zero-order chi connectivity index (χ0) is 21.8. The second-order valence-corrected chi connectivity index (χ2v) is 8.21. The third kappa shape index (κ3) is 4.20. The van der Waals surface area contributed by atoms with Gasteiger partial charge in [-0.3, -0.25) is 9.97 Å². The Morgan fingerprint density at radius 2 is 1.69 bits per heavy atom. The molecule has 0 bridgehead atoms. The first-order valence-electron chi connectivity index (χ1n) is 10.4. The maximum Gasteiger partial charge on any atom is 0.165 e. The third-order valence-corrected chi connectivity index (χ3v) is 6.17. The average molecular weight is 442 g/mol. The maximum atomic E-state index is 14.5. The summed E-state index contributed by atoms with van der Waals surface area (Å²) >= 11 is 1.58. The minimum Gasteiger partial charge on any atom is -0.369 e. The van der Waals surface area contributed by atoms with Gasteiger partial charge in [0.2, 0.25) is 0 Å². The van der Waals surface area contributed by atoms with E-state index < -0.39 is 5.82 Å². The number of fused-ring (bicyclic) bond motifs is 1. The van der Waals surface area contributed by atoms with Gasteiger partial charge in [0.05, 0.1) is 22.0 Å². The molecule has 5 rings (SSSR count). The van der Waals surface area contributed by atoms with E-state index in [-0.39, 0.29) is 0 Å². The molecule has 32 heavy (non-hydrogen) atoms. The lowest BCUT2D eigenvalue weighted by molar-refractivity contribution is 0.623. The summed E-state index contributed by atoms with van der Waals surface area (Å²) in [4.78, 5) is 17.4. The van der Waals surface area contributed by atoms with Gasteiger partial charge in [0.1, 0.15) is 5.82 Å². The van der Waals surface area contributed by atoms with E-state index in [2.05, 4.69) is 44.9 Å². The van der Waals surface area contributed by atoms with E-state index in [1.165, 1.54) is 11.8 Å². The first kappa shape index (κ1) is 20.2. The second-order valence-electron chi connectivity index (χ2n) is 7.33. The first-order valence-corrected chi connectivity index (χ1v) is 11.2. The van der Waals surface area contributed by atoms with Gasteiger partial charge in [-0.05, 0) is 42.2 Å². The number of aryl methyl sites for hydroxylation is 1. The monoisotopic (exact) mass is 441 g/mol. The van der Waals surface area contributed by atoms with Crippen molar-refractivity contribution < 1.29 is 4.39 Å². The van der Waals surface area contributed by atoms with Gasteiger partial charge in [-0.1, -0.05) is 30.3 Å². The van der Waals surface area contributed by atoms with Gasteiger partial charge in [0.25, 0.3) is 0 Å². The van der Waals surface area contributed by atoms with Gasteiger partial charge < -0.3 is 5.32 Å². The SMILES string of the molecule is Fc1cnccc1-c1nc(NCCCc2ccccc2)c2scc(-c3ccncc3)c2n1. The van der Waals surface area contributed by atoms with Crippen LogP contribution < -0.4 is 5.32 Å². The molecular weight excluding hydrogens is 421 g/mol. The minimum absolute atomic E-state index is 0.334. The molecule has 0 aliphatic carbocycles. The zero-order valence-electron chi connectivity index (χ0n) is 17.2. The van der Waals surface area contributed by atoms with Crippen molar-refractivity contribution in [3.8, 4) is 22.5 Å². The highest BCUT2D eigenvalue weighted by Crippen LogP contribution is 2.37. The van der Waals surface area contributed by atoms with Crippen LogP contribution in [0.15, 0.2) is 78.7 Å². The Balaban J connectivity index is 1.50. The van der Waals surface area contributed by atoms with Crippen LogP contribution >= 0.6 is 11.3 Å². The summed E-state index contributed by atoms with van der Waals surface area (Å²) in [7, 11) is 0. The van der Waals surface area contributed by atoms with Gasteiger partial charge in [0.15, 0.2) is 11.6 Å². The Labute approximate surface area is 189 Å². The Morgan fingerprint density at radius 3 is 2.50 bits per heavy atom. The van der Waals surface area contributed by atoms with Gasteiger partial charge in [-0.15, -0.1) is 11.3 Å². The van der Waals surface area contributed by atoms with Crippen molar-refractivity contribution in [3.05, 3.63) is 90.1 Å². The van der Waals surface area contributed by atoms with Crippen LogP contribution in [0.4, 0.5) is 10.2 Å². The summed E-state index contributed by atoms with van der Waals surface area (Å²) in [6.45, 7) is 0.752. The van der Waals surface area contributed by atoms with Crippen molar-refractivity contribution in [1.29, 1.82) is 0 Å². The standard InChI is InChI=1S/C25H20FN5S/c26-21-15-28-14-10-19(21)24-30-22-20(18-8-12-27-13-9-18)16-32-23(22)25(31-24)29-11-4-7-17-5-2-1-3-6-17/h1-3,5-6,8-10,12-16H,4,7,11H2,(H,29,30,31). The average Bonchev–Trinajstić information content (AvgIpc) is 3.27. The summed E-state index contributed by atoms with van der Waals surface area (Å²) in [6.07, 6.45) is 8.18. The van der Waals surface area contributed by atoms with Gasteiger partial charge in [-0.25, -0.2) is 14.4 Å². The molecule has 5 aromatic rings. The Hall–Kier alpha value is -3.71. The number of aromatic nitrogens is 4. The molecule has 0 saturated carbocycles. The van der Waals surface area contributed by atoms with Crippen molar-refractivity contribution in [2.45, 2.75) is 12.8 Å². The molecular formula is C25H20FN5S. The number of halogens is 1. The van der Waals surface area contributed by atoms with Crippen LogP contribution in [-0.4, -0.2) is 26.5 Å². The molecule has 4 aromatic heterocycles. The highest BCUT2D eigenvalue weighted by Gasteiger charge is 2.17. The molecule has 7 heteroatoms. The van der Waals surface area contributed by atoms with E-state index in [1.807, 2.05) is 18.2 Å². The van der Waals surface area contributed by atoms with Gasteiger partial charge in [0, 0.05) is 36.1 Å². The lowest BCUT2D eigenvalue weighted by Crippen LogP contribution is -2.06. The largest absolute Gasteiger partial charge is 0.369 e. The van der Waals surface area contributed by atoms with Crippen molar-refractivity contribution in [2.75, 3.05) is 11.9 Å². The van der Waals surface area contributed by atoms with Crippen LogP contribution in [-0.2, 0) is 6.42 Å². The van der Waals surface area contributed by atoms with Crippen LogP contribution in [0.3, 0.4) is 0 Å². The fourth-order valence-corrected chi connectivity index (χ4v) is 4.58.